The van der Waals surface area contributed by atoms with Gasteiger partial charge in [0.25, 0.3) is 5.91 Å². The molecule has 1 aliphatic heterocycles. The van der Waals surface area contributed by atoms with Crippen LogP contribution in [0, 0.1) is 18.8 Å². The molecule has 7 nitrogen and oxygen atoms in total. The molecule has 1 aromatic heterocycles. The van der Waals surface area contributed by atoms with Crippen molar-refractivity contribution >= 4 is 11.9 Å². The van der Waals surface area contributed by atoms with Crippen LogP contribution >= 0.6 is 0 Å². The van der Waals surface area contributed by atoms with Crippen molar-refractivity contribution in [3.05, 3.63) is 17.5 Å². The lowest BCUT2D eigenvalue weighted by molar-refractivity contribution is -0.144. The van der Waals surface area contributed by atoms with Gasteiger partial charge in [0.05, 0.1) is 23.7 Å². The van der Waals surface area contributed by atoms with Gasteiger partial charge in [-0.05, 0) is 38.5 Å². The molecule has 1 atom stereocenters. The fourth-order valence-corrected chi connectivity index (χ4v) is 4.03. The summed E-state index contributed by atoms with van der Waals surface area (Å²) in [6.45, 7) is 3.24. The first kappa shape index (κ1) is 17.9. The molecular weight excluding hydrogens is 322 g/mol. The maximum Gasteiger partial charge on any atom is 0.308 e. The molecule has 0 spiro atoms. The number of hydrogen-bond donors (Lipinski definition) is 2. The van der Waals surface area contributed by atoms with E-state index in [4.69, 9.17) is 4.74 Å². The molecule has 1 saturated heterocycles. The Labute approximate surface area is 147 Å². The van der Waals surface area contributed by atoms with Crippen LogP contribution in [0.3, 0.4) is 0 Å². The quantitative estimate of drug-likeness (QED) is 0.821. The summed E-state index contributed by atoms with van der Waals surface area (Å²) in [6.07, 6.45) is 7.68. The van der Waals surface area contributed by atoms with Crippen LogP contribution in [0.4, 0.5) is 0 Å². The van der Waals surface area contributed by atoms with E-state index in [9.17, 15) is 14.7 Å². The molecule has 2 N–H and O–H groups in total. The van der Waals surface area contributed by atoms with Crippen LogP contribution < -0.4 is 5.32 Å². The Morgan fingerprint density at radius 2 is 2.00 bits per heavy atom. The van der Waals surface area contributed by atoms with E-state index in [-0.39, 0.29) is 18.4 Å². The average molecular weight is 349 g/mol. The number of carboxylic acid groups (broad SMARTS) is 1. The second-order valence-corrected chi connectivity index (χ2v) is 7.13. The third kappa shape index (κ3) is 4.03. The van der Waals surface area contributed by atoms with Crippen molar-refractivity contribution in [2.45, 2.75) is 51.5 Å². The Hall–Kier alpha value is -1.89. The zero-order valence-corrected chi connectivity index (χ0v) is 14.7. The molecule has 2 fully saturated rings. The minimum Gasteiger partial charge on any atom is -0.481 e. The highest BCUT2D eigenvalue weighted by Crippen LogP contribution is 2.30. The van der Waals surface area contributed by atoms with Gasteiger partial charge in [-0.2, -0.15) is 5.10 Å². The number of aliphatic carboxylic acids is 1. The number of aromatic nitrogens is 2. The van der Waals surface area contributed by atoms with Gasteiger partial charge in [0.1, 0.15) is 0 Å². The minimum atomic E-state index is -0.856. The molecule has 0 bridgehead atoms. The van der Waals surface area contributed by atoms with E-state index in [1.165, 1.54) is 12.8 Å². The molecular formula is C18H27N3O4. The van der Waals surface area contributed by atoms with E-state index in [2.05, 4.69) is 10.4 Å². The van der Waals surface area contributed by atoms with Crippen molar-refractivity contribution in [2.24, 2.45) is 11.8 Å². The van der Waals surface area contributed by atoms with Gasteiger partial charge in [-0.25, -0.2) is 0 Å². The van der Waals surface area contributed by atoms with Gasteiger partial charge in [0.15, 0.2) is 0 Å². The zero-order valence-electron chi connectivity index (χ0n) is 14.7. The molecule has 1 saturated carbocycles. The minimum absolute atomic E-state index is 0.0499. The van der Waals surface area contributed by atoms with E-state index in [0.717, 1.165) is 31.4 Å². The van der Waals surface area contributed by atoms with Crippen molar-refractivity contribution < 1.29 is 19.4 Å². The summed E-state index contributed by atoms with van der Waals surface area (Å²) in [5.74, 6) is -1.61. The van der Waals surface area contributed by atoms with Crippen molar-refractivity contribution in [3.63, 3.8) is 0 Å². The molecule has 0 aromatic carbocycles. The smallest absolute Gasteiger partial charge is 0.308 e. The molecule has 1 aliphatic carbocycles. The van der Waals surface area contributed by atoms with Crippen LogP contribution in [0.2, 0.25) is 0 Å². The number of carbonyl (C=O) groups is 2. The van der Waals surface area contributed by atoms with Crippen molar-refractivity contribution in [1.82, 2.24) is 15.1 Å². The lowest BCUT2D eigenvalue weighted by Crippen LogP contribution is -2.39. The van der Waals surface area contributed by atoms with Gasteiger partial charge in [-0.3, -0.25) is 14.3 Å². The Bertz CT molecular complexity index is 616. The average Bonchev–Trinajstić information content (AvgIpc) is 3.25. The van der Waals surface area contributed by atoms with Gasteiger partial charge in [-0.15, -0.1) is 0 Å². The van der Waals surface area contributed by atoms with Crippen LogP contribution in [0.25, 0.3) is 0 Å². The number of hydrogen-bond acceptors (Lipinski definition) is 4. The predicted molar refractivity (Wildman–Crippen MR) is 91.5 cm³/mol. The number of ether oxygens (including phenoxy) is 1. The molecule has 1 aromatic rings. The van der Waals surface area contributed by atoms with E-state index >= 15 is 0 Å². The Morgan fingerprint density at radius 1 is 1.32 bits per heavy atom. The van der Waals surface area contributed by atoms with E-state index < -0.39 is 11.9 Å². The fraction of sp³-hybridized carbons (Fsp3) is 0.722. The van der Waals surface area contributed by atoms with E-state index in [1.54, 1.807) is 6.20 Å². The van der Waals surface area contributed by atoms with E-state index in [1.807, 2.05) is 11.6 Å². The number of nitrogens with one attached hydrogen (secondary N) is 1. The van der Waals surface area contributed by atoms with Gasteiger partial charge < -0.3 is 15.2 Å². The molecule has 7 heteroatoms. The molecule has 2 aliphatic rings. The van der Waals surface area contributed by atoms with Crippen molar-refractivity contribution in [2.75, 3.05) is 19.8 Å². The Morgan fingerprint density at radius 3 is 2.64 bits per heavy atom. The number of carbonyl (C=O) groups excluding carboxylic acids is 1. The Balaban J connectivity index is 1.62. The monoisotopic (exact) mass is 349 g/mol. The van der Waals surface area contributed by atoms with Gasteiger partial charge in [0.2, 0.25) is 0 Å². The van der Waals surface area contributed by atoms with Crippen LogP contribution in [0.1, 0.15) is 60.6 Å². The first-order chi connectivity index (χ1) is 12.1. The number of amides is 1. The summed E-state index contributed by atoms with van der Waals surface area (Å²) in [6, 6.07) is 0.385. The second-order valence-electron chi connectivity index (χ2n) is 7.13. The summed E-state index contributed by atoms with van der Waals surface area (Å²) in [7, 11) is 0. The Kier molecular flexibility index (Phi) is 5.73. The number of rotatable bonds is 6. The van der Waals surface area contributed by atoms with Crippen LogP contribution in [-0.2, 0) is 9.53 Å². The molecule has 3 rings (SSSR count). The van der Waals surface area contributed by atoms with Gasteiger partial charge in [-0.1, -0.05) is 12.8 Å². The van der Waals surface area contributed by atoms with Crippen LogP contribution in [0.15, 0.2) is 6.20 Å². The third-order valence-corrected chi connectivity index (χ3v) is 5.59. The zero-order chi connectivity index (χ0) is 17.8. The molecule has 0 radical (unpaired) electrons. The topological polar surface area (TPSA) is 93.5 Å². The molecule has 1 unspecified atom stereocenters. The van der Waals surface area contributed by atoms with E-state index in [0.29, 0.717) is 24.8 Å². The van der Waals surface area contributed by atoms with Crippen LogP contribution in [-0.4, -0.2) is 46.5 Å². The highest BCUT2D eigenvalue weighted by molar-refractivity contribution is 5.95. The number of carboxylic acids is 1. The summed E-state index contributed by atoms with van der Waals surface area (Å²) in [5.41, 5.74) is 1.41. The summed E-state index contributed by atoms with van der Waals surface area (Å²) in [4.78, 5) is 24.1. The largest absolute Gasteiger partial charge is 0.481 e. The molecule has 25 heavy (non-hydrogen) atoms. The van der Waals surface area contributed by atoms with Gasteiger partial charge >= 0.3 is 5.97 Å². The highest BCUT2D eigenvalue weighted by Gasteiger charge is 2.30. The summed E-state index contributed by atoms with van der Waals surface area (Å²) < 4.78 is 7.25. The first-order valence-electron chi connectivity index (χ1n) is 9.20. The van der Waals surface area contributed by atoms with Crippen molar-refractivity contribution in [1.29, 1.82) is 0 Å². The van der Waals surface area contributed by atoms with Gasteiger partial charge in [0, 0.05) is 25.5 Å². The molecule has 1 amide bonds. The lowest BCUT2D eigenvalue weighted by Gasteiger charge is -2.27. The van der Waals surface area contributed by atoms with Crippen molar-refractivity contribution in [3.8, 4) is 0 Å². The fourth-order valence-electron chi connectivity index (χ4n) is 4.03. The predicted octanol–water partition coefficient (Wildman–Crippen LogP) is 2.16. The first-order valence-corrected chi connectivity index (χ1v) is 9.20. The molecule has 138 valence electrons. The maximum atomic E-state index is 12.5. The molecule has 2 heterocycles. The summed E-state index contributed by atoms with van der Waals surface area (Å²) >= 11 is 0. The normalized spacial score (nSPS) is 20.5. The van der Waals surface area contributed by atoms with Crippen LogP contribution in [0.5, 0.6) is 0 Å². The SMILES string of the molecule is Cc1c(C(=O)NCC(C(=O)O)C2CCOCC2)cnn1C1CCCC1. The second kappa shape index (κ2) is 7.99. The highest BCUT2D eigenvalue weighted by atomic mass is 16.5. The third-order valence-electron chi connectivity index (χ3n) is 5.59. The standard InChI is InChI=1S/C18H27N3O4/c1-12-15(11-20-21(12)14-4-2-3-5-14)17(22)19-10-16(18(23)24)13-6-8-25-9-7-13/h11,13-14,16H,2-10H2,1H3,(H,19,22)(H,23,24). The maximum absolute atomic E-state index is 12.5. The number of nitrogens with zero attached hydrogens (tertiary/aromatic N) is 2. The summed E-state index contributed by atoms with van der Waals surface area (Å²) in [5, 5.41) is 16.7. The lowest BCUT2D eigenvalue weighted by atomic mass is 9.86.